The summed E-state index contributed by atoms with van der Waals surface area (Å²) in [6, 6.07) is 1.98. The number of nitriles is 1. The van der Waals surface area contributed by atoms with Gasteiger partial charge in [0.2, 0.25) is 6.39 Å². The van der Waals surface area contributed by atoms with Crippen LogP contribution in [0.1, 0.15) is 28.0 Å². The Labute approximate surface area is 106 Å². The van der Waals surface area contributed by atoms with Crippen molar-refractivity contribution in [1.82, 2.24) is 10.1 Å². The molecule has 0 aliphatic carbocycles. The smallest absolute Gasteiger partial charge is 0.213 e. The van der Waals surface area contributed by atoms with Gasteiger partial charge in [-0.3, -0.25) is 4.79 Å². The van der Waals surface area contributed by atoms with Crippen LogP contribution in [0.5, 0.6) is 0 Å². The van der Waals surface area contributed by atoms with Crippen LogP contribution in [0, 0.1) is 11.3 Å². The minimum Gasteiger partial charge on any atom is -0.396 e. The molecule has 8 heteroatoms. The van der Waals surface area contributed by atoms with E-state index < -0.39 is 0 Å². The van der Waals surface area contributed by atoms with Crippen molar-refractivity contribution < 1.29 is 9.32 Å². The van der Waals surface area contributed by atoms with E-state index in [1.165, 1.54) is 13.3 Å². The average Bonchev–Trinajstić information content (AvgIpc) is 2.93. The third-order valence-electron chi connectivity index (χ3n) is 2.19. The summed E-state index contributed by atoms with van der Waals surface area (Å²) >= 11 is 1.15. The fourth-order valence-electron chi connectivity index (χ4n) is 1.37. The second kappa shape index (κ2) is 4.85. The lowest BCUT2D eigenvalue weighted by Crippen LogP contribution is -2.01. The Morgan fingerprint density at radius 1 is 1.72 bits per heavy atom. The molecule has 0 fully saturated rings. The number of hydrogen-bond donors (Lipinski definition) is 2. The van der Waals surface area contributed by atoms with Crippen LogP contribution in [-0.2, 0) is 6.54 Å². The quantitative estimate of drug-likeness (QED) is 0.800. The van der Waals surface area contributed by atoms with Gasteiger partial charge in [0.1, 0.15) is 16.6 Å². The third-order valence-corrected chi connectivity index (χ3v) is 3.45. The Balaban J connectivity index is 2.25. The highest BCUT2D eigenvalue weighted by Crippen LogP contribution is 2.35. The van der Waals surface area contributed by atoms with E-state index in [0.29, 0.717) is 22.2 Å². The molecule has 2 rings (SSSR count). The number of Topliss-reactive ketones (excluding diaryl/α,β-unsaturated/α-hetero) is 1. The SMILES string of the molecule is CC(=O)c1sc(NCc2ncon2)c(C#N)c1N. The summed E-state index contributed by atoms with van der Waals surface area (Å²) in [6.45, 7) is 1.70. The van der Waals surface area contributed by atoms with Crippen molar-refractivity contribution in [3.63, 3.8) is 0 Å². The molecule has 2 heterocycles. The first-order valence-corrected chi connectivity index (χ1v) is 5.77. The first kappa shape index (κ1) is 12.1. The van der Waals surface area contributed by atoms with Crippen LogP contribution >= 0.6 is 11.3 Å². The molecule has 0 aliphatic rings. The van der Waals surface area contributed by atoms with Crippen molar-refractivity contribution in [3.05, 3.63) is 22.7 Å². The van der Waals surface area contributed by atoms with Crippen molar-refractivity contribution in [2.45, 2.75) is 13.5 Å². The van der Waals surface area contributed by atoms with Gasteiger partial charge in [0.05, 0.1) is 17.1 Å². The van der Waals surface area contributed by atoms with Crippen molar-refractivity contribution in [3.8, 4) is 6.07 Å². The molecule has 7 nitrogen and oxygen atoms in total. The molecular weight excluding hydrogens is 254 g/mol. The minimum atomic E-state index is -0.165. The molecule has 0 aromatic carbocycles. The van der Waals surface area contributed by atoms with Crippen LogP contribution in [0.3, 0.4) is 0 Å². The molecule has 0 saturated heterocycles. The van der Waals surface area contributed by atoms with Gasteiger partial charge in [0.25, 0.3) is 0 Å². The number of aromatic nitrogens is 2. The fourth-order valence-corrected chi connectivity index (χ4v) is 2.33. The summed E-state index contributed by atoms with van der Waals surface area (Å²) in [7, 11) is 0. The van der Waals surface area contributed by atoms with Crippen LogP contribution in [0.25, 0.3) is 0 Å². The molecular formula is C10H9N5O2S. The lowest BCUT2D eigenvalue weighted by molar-refractivity contribution is 0.102. The number of nitrogens with two attached hydrogens (primary N) is 1. The van der Waals surface area contributed by atoms with Gasteiger partial charge in [-0.15, -0.1) is 11.3 Å². The highest BCUT2D eigenvalue weighted by Gasteiger charge is 2.18. The van der Waals surface area contributed by atoms with E-state index in [0.717, 1.165) is 11.3 Å². The molecule has 18 heavy (non-hydrogen) atoms. The maximum absolute atomic E-state index is 11.3. The van der Waals surface area contributed by atoms with E-state index in [9.17, 15) is 4.79 Å². The van der Waals surface area contributed by atoms with Crippen LogP contribution in [0.4, 0.5) is 10.7 Å². The van der Waals surface area contributed by atoms with E-state index in [4.69, 9.17) is 11.0 Å². The summed E-state index contributed by atoms with van der Waals surface area (Å²) in [5, 5.41) is 16.1. The second-order valence-corrected chi connectivity index (χ2v) is 4.44. The second-order valence-electron chi connectivity index (χ2n) is 3.42. The number of anilines is 2. The summed E-state index contributed by atoms with van der Waals surface area (Å²) in [5.74, 6) is 0.289. The van der Waals surface area contributed by atoms with Gasteiger partial charge < -0.3 is 15.6 Å². The minimum absolute atomic E-state index is 0.165. The van der Waals surface area contributed by atoms with Gasteiger partial charge in [0.15, 0.2) is 11.6 Å². The van der Waals surface area contributed by atoms with E-state index in [-0.39, 0.29) is 17.0 Å². The lowest BCUT2D eigenvalue weighted by Gasteiger charge is -1.99. The molecule has 0 amide bonds. The molecule has 3 N–H and O–H groups in total. The molecule has 0 radical (unpaired) electrons. The zero-order chi connectivity index (χ0) is 13.1. The zero-order valence-electron chi connectivity index (χ0n) is 9.43. The van der Waals surface area contributed by atoms with Crippen molar-refractivity contribution in [2.24, 2.45) is 0 Å². The summed E-state index contributed by atoms with van der Waals surface area (Å²) < 4.78 is 4.59. The average molecular weight is 263 g/mol. The van der Waals surface area contributed by atoms with Gasteiger partial charge in [-0.05, 0) is 0 Å². The number of nitrogen functional groups attached to an aromatic ring is 1. The Kier molecular flexibility index (Phi) is 3.25. The standard InChI is InChI=1S/C10H9N5O2S/c1-5(16)9-8(12)6(2-11)10(18-9)13-3-7-14-4-17-15-7/h4,13H,3,12H2,1H3. The molecule has 2 aromatic rings. The maximum atomic E-state index is 11.3. The van der Waals surface area contributed by atoms with Crippen LogP contribution < -0.4 is 11.1 Å². The number of nitrogens with one attached hydrogen (secondary N) is 1. The van der Waals surface area contributed by atoms with Crippen LogP contribution in [0.15, 0.2) is 10.9 Å². The topological polar surface area (TPSA) is 118 Å². The van der Waals surface area contributed by atoms with Gasteiger partial charge in [0, 0.05) is 6.92 Å². The number of carbonyl (C=O) groups excluding carboxylic acids is 1. The Hall–Kier alpha value is -2.40. The normalized spacial score (nSPS) is 10.0. The summed E-state index contributed by atoms with van der Waals surface area (Å²) in [6.07, 6.45) is 1.21. The largest absolute Gasteiger partial charge is 0.396 e. The monoisotopic (exact) mass is 263 g/mol. The number of ketones is 1. The van der Waals surface area contributed by atoms with Crippen LogP contribution in [0.2, 0.25) is 0 Å². The van der Waals surface area contributed by atoms with Gasteiger partial charge in [-0.1, -0.05) is 5.16 Å². The van der Waals surface area contributed by atoms with E-state index in [1.54, 1.807) is 0 Å². The molecule has 0 bridgehead atoms. The predicted octanol–water partition coefficient (Wildman–Crippen LogP) is 1.40. The molecule has 0 atom stereocenters. The number of rotatable bonds is 4. The van der Waals surface area contributed by atoms with E-state index in [1.807, 2.05) is 6.07 Å². The number of nitrogens with zero attached hydrogens (tertiary/aromatic N) is 3. The Morgan fingerprint density at radius 3 is 3.06 bits per heavy atom. The lowest BCUT2D eigenvalue weighted by atomic mass is 10.2. The number of thiophene rings is 1. The highest BCUT2D eigenvalue weighted by atomic mass is 32.1. The first-order valence-electron chi connectivity index (χ1n) is 4.96. The van der Waals surface area contributed by atoms with Gasteiger partial charge in [-0.25, -0.2) is 0 Å². The van der Waals surface area contributed by atoms with Crippen molar-refractivity contribution >= 4 is 27.8 Å². The van der Waals surface area contributed by atoms with Crippen molar-refractivity contribution in [1.29, 1.82) is 5.26 Å². The molecule has 0 spiro atoms. The Bertz CT molecular complexity index is 611. The Morgan fingerprint density at radius 2 is 2.50 bits per heavy atom. The number of hydrogen-bond acceptors (Lipinski definition) is 8. The molecule has 2 aromatic heterocycles. The van der Waals surface area contributed by atoms with Crippen molar-refractivity contribution in [2.75, 3.05) is 11.1 Å². The van der Waals surface area contributed by atoms with Gasteiger partial charge >= 0.3 is 0 Å². The fraction of sp³-hybridized carbons (Fsp3) is 0.200. The van der Waals surface area contributed by atoms with Gasteiger partial charge in [-0.2, -0.15) is 10.2 Å². The van der Waals surface area contributed by atoms with E-state index in [2.05, 4.69) is 20.0 Å². The maximum Gasteiger partial charge on any atom is 0.213 e. The predicted molar refractivity (Wildman–Crippen MR) is 65.1 cm³/mol. The third kappa shape index (κ3) is 2.16. The zero-order valence-corrected chi connectivity index (χ0v) is 10.2. The molecule has 0 saturated carbocycles. The van der Waals surface area contributed by atoms with Crippen LogP contribution in [-0.4, -0.2) is 15.9 Å². The van der Waals surface area contributed by atoms with E-state index >= 15 is 0 Å². The first-order chi connectivity index (χ1) is 8.63. The highest BCUT2D eigenvalue weighted by molar-refractivity contribution is 7.18. The summed E-state index contributed by atoms with van der Waals surface area (Å²) in [4.78, 5) is 15.5. The number of carbonyl (C=O) groups is 1. The molecule has 0 aliphatic heterocycles. The summed E-state index contributed by atoms with van der Waals surface area (Å²) in [5.41, 5.74) is 6.23. The molecule has 92 valence electrons. The molecule has 0 unspecified atom stereocenters.